The number of rotatable bonds is 6. The molecule has 0 unspecified atom stereocenters. The van der Waals surface area contributed by atoms with Crippen molar-refractivity contribution in [2.75, 3.05) is 33.7 Å². The monoisotopic (exact) mass is 453 g/mol. The molecule has 1 fully saturated rings. The normalized spacial score (nSPS) is 20.7. The minimum Gasteiger partial charge on any atom is -0.493 e. The summed E-state index contributed by atoms with van der Waals surface area (Å²) in [5.74, 6) is 0.0753. The number of nitrogens with zero attached hydrogens (tertiary/aromatic N) is 1. The van der Waals surface area contributed by atoms with Crippen molar-refractivity contribution in [2.24, 2.45) is 0 Å². The number of halogens is 1. The quantitative estimate of drug-likeness (QED) is 0.694. The van der Waals surface area contributed by atoms with Gasteiger partial charge in [0.1, 0.15) is 11.9 Å². The lowest BCUT2D eigenvalue weighted by molar-refractivity contribution is -0.120. The highest BCUT2D eigenvalue weighted by Crippen LogP contribution is 2.40. The van der Waals surface area contributed by atoms with E-state index in [4.69, 9.17) is 14.2 Å². The van der Waals surface area contributed by atoms with Crippen LogP contribution >= 0.6 is 0 Å². The van der Waals surface area contributed by atoms with Crippen molar-refractivity contribution in [3.8, 4) is 17.2 Å². The molecule has 2 aromatic carbocycles. The van der Waals surface area contributed by atoms with Gasteiger partial charge in [0, 0.05) is 30.9 Å². The molecule has 3 rings (SSSR count). The van der Waals surface area contributed by atoms with Crippen LogP contribution in [-0.4, -0.2) is 53.0 Å². The van der Waals surface area contributed by atoms with Gasteiger partial charge in [0.15, 0.2) is 11.5 Å². The third kappa shape index (κ3) is 4.73. The molecular formula is C20H24FN3O6S. The number of anilines is 1. The molecule has 31 heavy (non-hydrogen) atoms. The molecule has 2 aromatic rings. The summed E-state index contributed by atoms with van der Waals surface area (Å²) in [6.45, 7) is 0. The lowest BCUT2D eigenvalue weighted by atomic mass is 9.99. The summed E-state index contributed by atoms with van der Waals surface area (Å²) in [5, 5.41) is 2.71. The van der Waals surface area contributed by atoms with Gasteiger partial charge in [-0.1, -0.05) is 12.1 Å². The first-order chi connectivity index (χ1) is 14.7. The number of ether oxygens (including phenoxy) is 3. The molecule has 1 saturated heterocycles. The second-order valence-corrected chi connectivity index (χ2v) is 8.66. The van der Waals surface area contributed by atoms with E-state index in [-0.39, 0.29) is 6.42 Å². The van der Waals surface area contributed by atoms with Gasteiger partial charge in [0.05, 0.1) is 21.3 Å². The SMILES string of the molecule is COc1cc(NC(=O)[C@H]2C[C@@H](c3ccc(F)cc3)NS(=O)(=O)N2C)cc(OC)c1OC. The highest BCUT2D eigenvalue weighted by molar-refractivity contribution is 7.87. The molecule has 9 nitrogen and oxygen atoms in total. The van der Waals surface area contributed by atoms with Crippen molar-refractivity contribution in [3.05, 3.63) is 47.8 Å². The zero-order chi connectivity index (χ0) is 22.8. The minimum absolute atomic E-state index is 0.150. The number of carbonyl (C=O) groups excluding carboxylic acids is 1. The van der Waals surface area contributed by atoms with Gasteiger partial charge in [0.2, 0.25) is 11.7 Å². The zero-order valence-corrected chi connectivity index (χ0v) is 18.3. The van der Waals surface area contributed by atoms with E-state index in [0.717, 1.165) is 4.31 Å². The summed E-state index contributed by atoms with van der Waals surface area (Å²) < 4.78 is 57.7. The van der Waals surface area contributed by atoms with Crippen LogP contribution < -0.4 is 24.2 Å². The van der Waals surface area contributed by atoms with Crippen LogP contribution in [-0.2, 0) is 15.0 Å². The smallest absolute Gasteiger partial charge is 0.280 e. The molecule has 2 N–H and O–H groups in total. The molecule has 0 aromatic heterocycles. The molecule has 0 aliphatic carbocycles. The number of hydrogen-bond donors (Lipinski definition) is 2. The molecular weight excluding hydrogens is 429 g/mol. The first kappa shape index (κ1) is 22.8. The van der Waals surface area contributed by atoms with Gasteiger partial charge in [-0.05, 0) is 24.1 Å². The predicted octanol–water partition coefficient (Wildman–Crippen LogP) is 2.07. The van der Waals surface area contributed by atoms with Gasteiger partial charge < -0.3 is 19.5 Å². The van der Waals surface area contributed by atoms with E-state index in [9.17, 15) is 17.6 Å². The number of amides is 1. The van der Waals surface area contributed by atoms with Crippen LogP contribution in [0.3, 0.4) is 0 Å². The Morgan fingerprint density at radius 2 is 1.68 bits per heavy atom. The summed E-state index contributed by atoms with van der Waals surface area (Å²) in [5.41, 5.74) is 0.908. The van der Waals surface area contributed by atoms with Crippen molar-refractivity contribution in [1.29, 1.82) is 0 Å². The van der Waals surface area contributed by atoms with Gasteiger partial charge in [-0.15, -0.1) is 0 Å². The molecule has 168 valence electrons. The number of carbonyl (C=O) groups is 1. The zero-order valence-electron chi connectivity index (χ0n) is 17.5. The summed E-state index contributed by atoms with van der Waals surface area (Å²) in [6, 6.07) is 6.88. The molecule has 1 heterocycles. The van der Waals surface area contributed by atoms with Crippen molar-refractivity contribution in [1.82, 2.24) is 9.03 Å². The Morgan fingerprint density at radius 3 is 2.19 bits per heavy atom. The summed E-state index contributed by atoms with van der Waals surface area (Å²) in [7, 11) is 1.75. The molecule has 11 heteroatoms. The summed E-state index contributed by atoms with van der Waals surface area (Å²) in [6.07, 6.45) is 0.150. The van der Waals surface area contributed by atoms with Crippen LogP contribution in [0, 0.1) is 5.82 Å². The standard InChI is InChI=1S/C20H24FN3O6S/c1-24-16(11-15(23-31(24,26)27)12-5-7-13(21)8-6-12)20(25)22-14-9-17(28-2)19(30-4)18(10-14)29-3/h5-10,15-16,23H,11H2,1-4H3,(H,22,25)/t15-,16+/m0/s1. The molecule has 1 aliphatic heterocycles. The maximum atomic E-state index is 13.3. The summed E-state index contributed by atoms with van der Waals surface area (Å²) in [4.78, 5) is 13.0. The summed E-state index contributed by atoms with van der Waals surface area (Å²) >= 11 is 0. The Balaban J connectivity index is 1.88. The Kier molecular flexibility index (Phi) is 6.68. The lowest BCUT2D eigenvalue weighted by Gasteiger charge is -2.36. The number of benzene rings is 2. The predicted molar refractivity (Wildman–Crippen MR) is 112 cm³/mol. The third-order valence-corrected chi connectivity index (χ3v) is 6.67. The third-order valence-electron chi connectivity index (χ3n) is 5.08. The lowest BCUT2D eigenvalue weighted by Crippen LogP contribution is -2.55. The second-order valence-electron chi connectivity index (χ2n) is 6.90. The van der Waals surface area contributed by atoms with E-state index in [0.29, 0.717) is 28.5 Å². The fourth-order valence-electron chi connectivity index (χ4n) is 3.40. The fraction of sp³-hybridized carbons (Fsp3) is 0.350. The van der Waals surface area contributed by atoms with E-state index < -0.39 is 34.0 Å². The van der Waals surface area contributed by atoms with Crippen LogP contribution in [0.25, 0.3) is 0 Å². The molecule has 1 amide bonds. The Hall–Kier alpha value is -2.89. The first-order valence-corrected chi connectivity index (χ1v) is 10.8. The second kappa shape index (κ2) is 9.08. The highest BCUT2D eigenvalue weighted by Gasteiger charge is 2.40. The molecule has 0 spiro atoms. The van der Waals surface area contributed by atoms with E-state index in [2.05, 4.69) is 10.0 Å². The van der Waals surface area contributed by atoms with E-state index >= 15 is 0 Å². The average Bonchev–Trinajstić information content (AvgIpc) is 2.75. The van der Waals surface area contributed by atoms with Crippen LogP contribution in [0.5, 0.6) is 17.2 Å². The van der Waals surface area contributed by atoms with Gasteiger partial charge in [-0.2, -0.15) is 17.4 Å². The average molecular weight is 453 g/mol. The molecule has 1 aliphatic rings. The van der Waals surface area contributed by atoms with Crippen LogP contribution in [0.2, 0.25) is 0 Å². The number of hydrogen-bond acceptors (Lipinski definition) is 6. The topological polar surface area (TPSA) is 106 Å². The van der Waals surface area contributed by atoms with Crippen molar-refractivity contribution in [3.63, 3.8) is 0 Å². The molecule has 2 atom stereocenters. The first-order valence-electron chi connectivity index (χ1n) is 9.31. The largest absolute Gasteiger partial charge is 0.493 e. The minimum atomic E-state index is -3.93. The van der Waals surface area contributed by atoms with Gasteiger partial charge in [-0.25, -0.2) is 4.39 Å². The number of nitrogens with one attached hydrogen (secondary N) is 2. The molecule has 0 saturated carbocycles. The van der Waals surface area contributed by atoms with Crippen LogP contribution in [0.1, 0.15) is 18.0 Å². The van der Waals surface area contributed by atoms with Gasteiger partial charge in [-0.3, -0.25) is 4.79 Å². The maximum Gasteiger partial charge on any atom is 0.280 e. The molecule has 0 radical (unpaired) electrons. The highest BCUT2D eigenvalue weighted by atomic mass is 32.2. The number of methoxy groups -OCH3 is 3. The maximum absolute atomic E-state index is 13.3. The van der Waals surface area contributed by atoms with Gasteiger partial charge >= 0.3 is 0 Å². The Morgan fingerprint density at radius 1 is 1.10 bits per heavy atom. The van der Waals surface area contributed by atoms with Crippen molar-refractivity contribution >= 4 is 21.8 Å². The van der Waals surface area contributed by atoms with E-state index in [1.165, 1.54) is 52.6 Å². The Labute approximate surface area is 180 Å². The Bertz CT molecular complexity index is 1040. The molecule has 0 bridgehead atoms. The van der Waals surface area contributed by atoms with E-state index in [1.807, 2.05) is 0 Å². The fourth-order valence-corrected chi connectivity index (χ4v) is 4.68. The number of likely N-dealkylation sites (N-methyl/N-ethyl adjacent to an activating group) is 1. The van der Waals surface area contributed by atoms with Crippen molar-refractivity contribution < 1.29 is 31.8 Å². The van der Waals surface area contributed by atoms with Crippen molar-refractivity contribution in [2.45, 2.75) is 18.5 Å². The van der Waals surface area contributed by atoms with E-state index in [1.54, 1.807) is 12.1 Å². The van der Waals surface area contributed by atoms with Gasteiger partial charge in [0.25, 0.3) is 10.2 Å². The van der Waals surface area contributed by atoms with Crippen LogP contribution in [0.15, 0.2) is 36.4 Å². The van der Waals surface area contributed by atoms with Crippen LogP contribution in [0.4, 0.5) is 10.1 Å².